The van der Waals surface area contributed by atoms with Crippen molar-refractivity contribution in [1.29, 1.82) is 0 Å². The van der Waals surface area contributed by atoms with E-state index < -0.39 is 17.7 Å². The number of amides is 1. The Bertz CT molecular complexity index is 889. The Kier molecular flexibility index (Phi) is 4.06. The lowest BCUT2D eigenvalue weighted by Crippen LogP contribution is -2.61. The summed E-state index contributed by atoms with van der Waals surface area (Å²) in [6.45, 7) is 0. The minimum absolute atomic E-state index is 0.0561. The van der Waals surface area contributed by atoms with Gasteiger partial charge in [-0.1, -0.05) is 24.3 Å². The molecule has 0 saturated heterocycles. The minimum Gasteiger partial charge on any atom is -0.351 e. The number of benzene rings is 2. The SMILES string of the molecule is CON1C(=O)c2cc3ccccc3cc2[C@@H]2CC(=O)C[C@H]1C2(OC)OC. The molecule has 6 heteroatoms. The predicted octanol–water partition coefficient (Wildman–Crippen LogP) is 2.66. The van der Waals surface area contributed by atoms with Gasteiger partial charge in [-0.25, -0.2) is 5.06 Å². The highest BCUT2D eigenvalue weighted by Gasteiger charge is 2.58. The van der Waals surface area contributed by atoms with E-state index in [9.17, 15) is 9.59 Å². The van der Waals surface area contributed by atoms with Gasteiger partial charge in [0.05, 0.1) is 7.11 Å². The third-order valence-corrected chi connectivity index (χ3v) is 5.64. The number of hydrogen-bond acceptors (Lipinski definition) is 5. The Labute approximate surface area is 151 Å². The number of ketones is 1. The van der Waals surface area contributed by atoms with Crippen molar-refractivity contribution >= 4 is 22.5 Å². The second-order valence-electron chi connectivity index (χ2n) is 6.75. The molecule has 2 bridgehead atoms. The molecule has 6 nitrogen and oxygen atoms in total. The summed E-state index contributed by atoms with van der Waals surface area (Å²) in [5, 5.41) is 3.19. The van der Waals surface area contributed by atoms with Gasteiger partial charge in [0.1, 0.15) is 11.8 Å². The normalized spacial score (nSPS) is 24.5. The van der Waals surface area contributed by atoms with Gasteiger partial charge in [0.2, 0.25) is 0 Å². The third-order valence-electron chi connectivity index (χ3n) is 5.64. The van der Waals surface area contributed by atoms with Gasteiger partial charge in [-0.3, -0.25) is 14.4 Å². The van der Waals surface area contributed by atoms with E-state index in [0.29, 0.717) is 5.56 Å². The van der Waals surface area contributed by atoms with Crippen molar-refractivity contribution in [2.24, 2.45) is 0 Å². The van der Waals surface area contributed by atoms with Crippen LogP contribution in [-0.2, 0) is 19.1 Å². The average Bonchev–Trinajstić information content (AvgIpc) is 2.70. The summed E-state index contributed by atoms with van der Waals surface area (Å²) in [7, 11) is 4.52. The molecule has 136 valence electrons. The number of hydroxylamine groups is 2. The molecule has 2 aliphatic rings. The summed E-state index contributed by atoms with van der Waals surface area (Å²) in [6.07, 6.45) is 0.389. The van der Waals surface area contributed by atoms with Crippen LogP contribution in [0.2, 0.25) is 0 Å². The summed E-state index contributed by atoms with van der Waals surface area (Å²) in [4.78, 5) is 31.2. The molecule has 0 radical (unpaired) electrons. The van der Waals surface area contributed by atoms with Crippen LogP contribution in [-0.4, -0.2) is 49.9 Å². The van der Waals surface area contributed by atoms with E-state index in [4.69, 9.17) is 14.3 Å². The van der Waals surface area contributed by atoms with Gasteiger partial charge in [-0.15, -0.1) is 0 Å². The fourth-order valence-electron chi connectivity index (χ4n) is 4.46. The lowest BCUT2D eigenvalue weighted by molar-refractivity contribution is -0.292. The Morgan fingerprint density at radius 1 is 1.00 bits per heavy atom. The van der Waals surface area contributed by atoms with Crippen molar-refractivity contribution in [3.63, 3.8) is 0 Å². The Hall–Kier alpha value is -2.28. The molecule has 2 aromatic rings. The second-order valence-corrected chi connectivity index (χ2v) is 6.75. The molecule has 1 saturated carbocycles. The van der Waals surface area contributed by atoms with Crippen molar-refractivity contribution in [3.8, 4) is 0 Å². The zero-order valence-corrected chi connectivity index (χ0v) is 15.0. The van der Waals surface area contributed by atoms with Crippen LogP contribution in [0.4, 0.5) is 0 Å². The molecule has 1 heterocycles. The van der Waals surface area contributed by atoms with E-state index in [1.165, 1.54) is 12.2 Å². The van der Waals surface area contributed by atoms with E-state index in [0.717, 1.165) is 16.3 Å². The molecule has 0 spiro atoms. The molecule has 2 atom stereocenters. The summed E-state index contributed by atoms with van der Waals surface area (Å²) >= 11 is 0. The van der Waals surface area contributed by atoms with Gasteiger partial charge in [0, 0.05) is 38.5 Å². The number of nitrogens with zero attached hydrogens (tertiary/aromatic N) is 1. The lowest BCUT2D eigenvalue weighted by Gasteiger charge is -2.47. The number of ether oxygens (including phenoxy) is 2. The van der Waals surface area contributed by atoms with Gasteiger partial charge in [-0.2, -0.15) is 0 Å². The zero-order valence-electron chi connectivity index (χ0n) is 15.0. The summed E-state index contributed by atoms with van der Waals surface area (Å²) in [5.74, 6) is -1.77. The first kappa shape index (κ1) is 17.1. The highest BCUT2D eigenvalue weighted by molar-refractivity contribution is 6.02. The molecule has 0 aromatic heterocycles. The third kappa shape index (κ3) is 2.23. The molecule has 0 N–H and O–H groups in total. The fraction of sp³-hybridized carbons (Fsp3) is 0.400. The molecule has 1 amide bonds. The van der Waals surface area contributed by atoms with Gasteiger partial charge >= 0.3 is 0 Å². The maximum Gasteiger partial charge on any atom is 0.278 e. The first-order chi connectivity index (χ1) is 12.6. The largest absolute Gasteiger partial charge is 0.351 e. The number of methoxy groups -OCH3 is 2. The van der Waals surface area contributed by atoms with Crippen molar-refractivity contribution in [2.75, 3.05) is 21.3 Å². The van der Waals surface area contributed by atoms with Gasteiger partial charge in [0.15, 0.2) is 5.79 Å². The maximum absolute atomic E-state index is 13.3. The highest BCUT2D eigenvalue weighted by atomic mass is 16.7. The average molecular weight is 355 g/mol. The molecular formula is C20H21NO5. The molecule has 1 fully saturated rings. The summed E-state index contributed by atoms with van der Waals surface area (Å²) in [6, 6.07) is 11.0. The van der Waals surface area contributed by atoms with Crippen molar-refractivity contribution in [3.05, 3.63) is 47.5 Å². The quantitative estimate of drug-likeness (QED) is 0.792. The number of fused-ring (bicyclic) bond motifs is 5. The molecule has 1 aliphatic heterocycles. The molecular weight excluding hydrogens is 334 g/mol. The van der Waals surface area contributed by atoms with E-state index in [2.05, 4.69) is 0 Å². The Morgan fingerprint density at radius 2 is 1.65 bits per heavy atom. The predicted molar refractivity (Wildman–Crippen MR) is 94.6 cm³/mol. The van der Waals surface area contributed by atoms with Crippen molar-refractivity contribution < 1.29 is 23.9 Å². The number of carbonyl (C=O) groups is 2. The minimum atomic E-state index is -1.15. The van der Waals surface area contributed by atoms with Crippen LogP contribution in [0, 0.1) is 0 Å². The van der Waals surface area contributed by atoms with Crippen LogP contribution in [0.1, 0.15) is 34.7 Å². The number of Topliss-reactive ketones (excluding diaryl/α,β-unsaturated/α-hetero) is 1. The second kappa shape index (κ2) is 6.16. The monoisotopic (exact) mass is 355 g/mol. The van der Waals surface area contributed by atoms with Crippen LogP contribution in [0.3, 0.4) is 0 Å². The molecule has 2 aromatic carbocycles. The van der Waals surface area contributed by atoms with Gasteiger partial charge in [-0.05, 0) is 28.5 Å². The smallest absolute Gasteiger partial charge is 0.278 e. The Balaban J connectivity index is 2.05. The topological polar surface area (TPSA) is 65.1 Å². The Morgan fingerprint density at radius 3 is 2.27 bits per heavy atom. The molecule has 0 unspecified atom stereocenters. The first-order valence-electron chi connectivity index (χ1n) is 8.58. The number of rotatable bonds is 3. The van der Waals surface area contributed by atoms with Gasteiger partial charge < -0.3 is 9.47 Å². The van der Waals surface area contributed by atoms with Crippen LogP contribution in [0.25, 0.3) is 10.8 Å². The lowest BCUT2D eigenvalue weighted by atomic mass is 9.74. The first-order valence-corrected chi connectivity index (χ1v) is 8.58. The van der Waals surface area contributed by atoms with Crippen molar-refractivity contribution in [2.45, 2.75) is 30.6 Å². The highest BCUT2D eigenvalue weighted by Crippen LogP contribution is 2.48. The van der Waals surface area contributed by atoms with Crippen LogP contribution in [0.15, 0.2) is 36.4 Å². The number of carbonyl (C=O) groups excluding carboxylic acids is 2. The molecule has 4 rings (SSSR count). The van der Waals surface area contributed by atoms with Crippen molar-refractivity contribution in [1.82, 2.24) is 5.06 Å². The summed E-state index contributed by atoms with van der Waals surface area (Å²) < 4.78 is 11.6. The van der Waals surface area contributed by atoms with E-state index in [1.807, 2.05) is 36.4 Å². The number of hydrogen-bond donors (Lipinski definition) is 0. The maximum atomic E-state index is 13.3. The van der Waals surface area contributed by atoms with E-state index >= 15 is 0 Å². The van der Waals surface area contributed by atoms with Crippen LogP contribution >= 0.6 is 0 Å². The van der Waals surface area contributed by atoms with E-state index in [1.54, 1.807) is 14.2 Å². The molecule has 26 heavy (non-hydrogen) atoms. The van der Waals surface area contributed by atoms with Crippen LogP contribution in [0.5, 0.6) is 0 Å². The fourth-order valence-corrected chi connectivity index (χ4v) is 4.46. The van der Waals surface area contributed by atoms with Gasteiger partial charge in [0.25, 0.3) is 5.91 Å². The zero-order chi connectivity index (χ0) is 18.5. The van der Waals surface area contributed by atoms with Crippen LogP contribution < -0.4 is 0 Å². The van der Waals surface area contributed by atoms with E-state index in [-0.39, 0.29) is 24.5 Å². The summed E-state index contributed by atoms with van der Waals surface area (Å²) in [5.41, 5.74) is 1.28. The standard InChI is InChI=1S/C20H21NO5/c1-24-20(25-2)17-10-14(22)11-18(20)21(26-3)19(23)16-9-13-7-5-4-6-12(13)8-15(16)17/h4-9,17-18H,10-11H2,1-3H3/t17-,18-/m0/s1. The molecule has 1 aliphatic carbocycles.